The number of ether oxygens (including phenoxy) is 4. The highest BCUT2D eigenvalue weighted by Crippen LogP contribution is 2.02. The van der Waals surface area contributed by atoms with E-state index in [9.17, 15) is 28.8 Å². The maximum atomic E-state index is 11.1. The minimum absolute atomic E-state index is 0. The summed E-state index contributed by atoms with van der Waals surface area (Å²) in [6, 6.07) is 0. The summed E-state index contributed by atoms with van der Waals surface area (Å²) >= 11 is 0. The van der Waals surface area contributed by atoms with Crippen molar-refractivity contribution in [1.29, 1.82) is 0 Å². The van der Waals surface area contributed by atoms with E-state index < -0.39 is 11.9 Å². The second-order valence-electron chi connectivity index (χ2n) is 8.00. The zero-order valence-corrected chi connectivity index (χ0v) is 22.6. The molecule has 0 aliphatic carbocycles. The van der Waals surface area contributed by atoms with Crippen LogP contribution in [0.1, 0.15) is 88.0 Å². The second-order valence-corrected chi connectivity index (χ2v) is 8.00. The van der Waals surface area contributed by atoms with Gasteiger partial charge in [0.2, 0.25) is 0 Å². The molecule has 0 atom stereocenters. The monoisotopic (exact) mass is 520 g/mol. The van der Waals surface area contributed by atoms with Gasteiger partial charge in [-0.15, -0.1) is 0 Å². The molecule has 0 radical (unpaired) electrons. The number of hydrogen-bond donors (Lipinski definition) is 0. The van der Waals surface area contributed by atoms with Crippen LogP contribution in [0.25, 0.3) is 0 Å². The molecule has 0 amide bonds. The SMILES string of the molecule is C.C1CCOC1.CCOC(=O)CC(=O)CC(=O)C(C)C.CCOC(=O)CC(C)=O.COC(=O)C(C)C. The largest absolute Gasteiger partial charge is 0.469 e. The first-order valence-electron chi connectivity index (χ1n) is 11.8. The molecule has 0 aromatic heterocycles. The fourth-order valence-electron chi connectivity index (χ4n) is 2.00. The Bertz CT molecular complexity index is 627. The molecule has 0 aromatic rings. The van der Waals surface area contributed by atoms with Crippen LogP contribution in [-0.2, 0) is 47.7 Å². The summed E-state index contributed by atoms with van der Waals surface area (Å²) < 4.78 is 18.4. The maximum Gasteiger partial charge on any atom is 0.313 e. The van der Waals surface area contributed by atoms with Crippen LogP contribution in [0.15, 0.2) is 0 Å². The van der Waals surface area contributed by atoms with Gasteiger partial charge in [0.05, 0.1) is 32.7 Å². The molecule has 212 valence electrons. The van der Waals surface area contributed by atoms with Gasteiger partial charge < -0.3 is 18.9 Å². The molecule has 0 saturated carbocycles. The number of hydrogen-bond acceptors (Lipinski definition) is 10. The fraction of sp³-hybridized carbons (Fsp3) is 0.769. The Hall–Kier alpha value is -2.62. The lowest BCUT2D eigenvalue weighted by Crippen LogP contribution is -2.17. The molecule has 1 rings (SSSR count). The second kappa shape index (κ2) is 27.0. The first-order valence-corrected chi connectivity index (χ1v) is 11.8. The van der Waals surface area contributed by atoms with Crippen molar-refractivity contribution in [2.24, 2.45) is 11.8 Å². The van der Waals surface area contributed by atoms with E-state index in [4.69, 9.17) is 4.74 Å². The minimum Gasteiger partial charge on any atom is -0.469 e. The Morgan fingerprint density at radius 2 is 1.19 bits per heavy atom. The average Bonchev–Trinajstić information content (AvgIpc) is 3.33. The van der Waals surface area contributed by atoms with Crippen LogP contribution in [0.3, 0.4) is 0 Å². The Balaban J connectivity index is -0.000000201. The lowest BCUT2D eigenvalue weighted by atomic mass is 10.0. The van der Waals surface area contributed by atoms with Gasteiger partial charge in [-0.2, -0.15) is 0 Å². The third-order valence-corrected chi connectivity index (χ3v) is 3.86. The van der Waals surface area contributed by atoms with Crippen LogP contribution in [0.4, 0.5) is 0 Å². The van der Waals surface area contributed by atoms with Crippen LogP contribution in [0.2, 0.25) is 0 Å². The van der Waals surface area contributed by atoms with Gasteiger partial charge >= 0.3 is 17.9 Å². The average molecular weight is 521 g/mol. The van der Waals surface area contributed by atoms with Gasteiger partial charge in [0.15, 0.2) is 5.78 Å². The zero-order chi connectivity index (χ0) is 27.8. The third-order valence-electron chi connectivity index (χ3n) is 3.86. The number of carbonyl (C=O) groups is 6. The Kier molecular flexibility index (Phi) is 30.4. The molecule has 1 heterocycles. The van der Waals surface area contributed by atoms with Gasteiger partial charge in [0.25, 0.3) is 0 Å². The van der Waals surface area contributed by atoms with Crippen molar-refractivity contribution in [2.45, 2.75) is 88.0 Å². The molecule has 0 bridgehead atoms. The number of carbonyl (C=O) groups excluding carboxylic acids is 6. The normalized spacial score (nSPS) is 11.2. The first kappa shape index (κ1) is 40.5. The van der Waals surface area contributed by atoms with E-state index in [1.807, 2.05) is 0 Å². The Labute approximate surface area is 216 Å². The van der Waals surface area contributed by atoms with Crippen molar-refractivity contribution in [3.63, 3.8) is 0 Å². The van der Waals surface area contributed by atoms with E-state index in [0.717, 1.165) is 13.2 Å². The predicted molar refractivity (Wildman–Crippen MR) is 136 cm³/mol. The fourth-order valence-corrected chi connectivity index (χ4v) is 2.00. The van der Waals surface area contributed by atoms with Crippen LogP contribution in [-0.4, -0.2) is 68.8 Å². The molecule has 10 nitrogen and oxygen atoms in total. The van der Waals surface area contributed by atoms with Crippen molar-refractivity contribution >= 4 is 35.3 Å². The van der Waals surface area contributed by atoms with Crippen LogP contribution in [0.5, 0.6) is 0 Å². The first-order chi connectivity index (χ1) is 16.3. The number of esters is 3. The van der Waals surface area contributed by atoms with E-state index in [-0.39, 0.29) is 68.5 Å². The molecular weight excluding hydrogens is 472 g/mol. The van der Waals surface area contributed by atoms with Crippen molar-refractivity contribution in [3.05, 3.63) is 0 Å². The van der Waals surface area contributed by atoms with Gasteiger partial charge in [0, 0.05) is 19.1 Å². The van der Waals surface area contributed by atoms with Crippen molar-refractivity contribution in [2.75, 3.05) is 33.5 Å². The Morgan fingerprint density at radius 1 is 0.750 bits per heavy atom. The summed E-state index contributed by atoms with van der Waals surface area (Å²) in [5, 5.41) is 0. The highest BCUT2D eigenvalue weighted by molar-refractivity contribution is 6.06. The summed E-state index contributed by atoms with van der Waals surface area (Å²) in [4.78, 5) is 64.0. The molecule has 1 aliphatic rings. The van der Waals surface area contributed by atoms with Gasteiger partial charge in [-0.1, -0.05) is 35.1 Å². The van der Waals surface area contributed by atoms with Crippen molar-refractivity contribution in [3.8, 4) is 0 Å². The highest BCUT2D eigenvalue weighted by atomic mass is 16.5. The molecule has 36 heavy (non-hydrogen) atoms. The summed E-state index contributed by atoms with van der Waals surface area (Å²) in [6.45, 7) is 14.4. The lowest BCUT2D eigenvalue weighted by Gasteiger charge is -2.03. The highest BCUT2D eigenvalue weighted by Gasteiger charge is 2.16. The van der Waals surface area contributed by atoms with Crippen molar-refractivity contribution < 1.29 is 47.7 Å². The molecule has 1 saturated heterocycles. The topological polar surface area (TPSA) is 139 Å². The van der Waals surface area contributed by atoms with E-state index in [0.29, 0.717) is 6.61 Å². The molecule has 0 spiro atoms. The maximum absolute atomic E-state index is 11.1. The number of Topliss-reactive ketones (excluding diaryl/α,β-unsaturated/α-hetero) is 3. The van der Waals surface area contributed by atoms with Gasteiger partial charge in [-0.05, 0) is 33.6 Å². The van der Waals surface area contributed by atoms with E-state index >= 15 is 0 Å². The quantitative estimate of drug-likeness (QED) is 0.237. The van der Waals surface area contributed by atoms with E-state index in [1.54, 1.807) is 41.5 Å². The molecule has 1 aliphatic heterocycles. The summed E-state index contributed by atoms with van der Waals surface area (Å²) in [7, 11) is 1.39. The number of ketones is 3. The summed E-state index contributed by atoms with van der Waals surface area (Å²) in [5.41, 5.74) is 0. The molecular formula is C26H48O10. The van der Waals surface area contributed by atoms with Gasteiger partial charge in [-0.25, -0.2) is 0 Å². The van der Waals surface area contributed by atoms with E-state index in [1.165, 1.54) is 26.9 Å². The van der Waals surface area contributed by atoms with Gasteiger partial charge in [-0.3, -0.25) is 28.8 Å². The summed E-state index contributed by atoms with van der Waals surface area (Å²) in [6.07, 6.45) is 1.98. The third kappa shape index (κ3) is 31.4. The molecule has 1 fully saturated rings. The summed E-state index contributed by atoms with van der Waals surface area (Å²) in [5.74, 6) is -1.99. The zero-order valence-electron chi connectivity index (χ0n) is 22.6. The standard InChI is InChI=1S/C10H16O4.C6H10O3.C5H10O2.C4H8O.CH4/c1-4-14-10(13)6-8(11)5-9(12)7(2)3;1-3-9-6(8)4-5(2)7;1-4(2)5(6)7-3;1-2-4-5-3-1;/h7H,4-6H2,1-3H3;3-4H2,1-2H3;4H,1-3H3;1-4H2;1H4. The van der Waals surface area contributed by atoms with Crippen LogP contribution >= 0.6 is 0 Å². The van der Waals surface area contributed by atoms with Crippen LogP contribution < -0.4 is 0 Å². The molecule has 0 N–H and O–H groups in total. The molecule has 10 heteroatoms. The molecule has 0 unspecified atom stereocenters. The number of methoxy groups -OCH3 is 1. The van der Waals surface area contributed by atoms with Crippen LogP contribution in [0, 0.1) is 11.8 Å². The lowest BCUT2D eigenvalue weighted by molar-refractivity contribution is -0.147. The predicted octanol–water partition coefficient (Wildman–Crippen LogP) is 3.90. The Morgan fingerprint density at radius 3 is 1.44 bits per heavy atom. The molecule has 0 aromatic carbocycles. The van der Waals surface area contributed by atoms with Crippen molar-refractivity contribution in [1.82, 2.24) is 0 Å². The number of rotatable bonds is 10. The smallest absolute Gasteiger partial charge is 0.313 e. The van der Waals surface area contributed by atoms with Gasteiger partial charge in [0.1, 0.15) is 24.4 Å². The minimum atomic E-state index is -0.561. The van der Waals surface area contributed by atoms with E-state index in [2.05, 4.69) is 14.2 Å².